The summed E-state index contributed by atoms with van der Waals surface area (Å²) in [7, 11) is 0. The van der Waals surface area contributed by atoms with E-state index in [1.54, 1.807) is 12.1 Å². The quantitative estimate of drug-likeness (QED) is 0.611. The second kappa shape index (κ2) is 7.52. The van der Waals surface area contributed by atoms with Crippen LogP contribution in [0.4, 0.5) is 11.5 Å². The lowest BCUT2D eigenvalue weighted by Crippen LogP contribution is -2.30. The van der Waals surface area contributed by atoms with Crippen LogP contribution in [0.5, 0.6) is 11.6 Å². The number of amides is 1. The molecule has 0 saturated carbocycles. The lowest BCUT2D eigenvalue weighted by atomic mass is 10.1. The van der Waals surface area contributed by atoms with Gasteiger partial charge in [-0.3, -0.25) is 15.6 Å². The standard InChI is InChI=1S/C19H19N5O2/c1-12-3-7-14(8-4-12)18(25)24-23-17-16(20)19(22-11-21-17)26-15-9-5-13(2)6-10-15/h3-11H,20H2,1-2H3,(H,24,25)(H,21,22,23). The Kier molecular flexibility index (Phi) is 4.98. The Bertz CT molecular complexity index is 908. The van der Waals surface area contributed by atoms with Gasteiger partial charge < -0.3 is 10.5 Å². The van der Waals surface area contributed by atoms with Gasteiger partial charge in [-0.05, 0) is 38.1 Å². The Balaban J connectivity index is 1.69. The third kappa shape index (κ3) is 4.07. The van der Waals surface area contributed by atoms with E-state index in [4.69, 9.17) is 10.5 Å². The first kappa shape index (κ1) is 17.2. The molecule has 1 amide bonds. The summed E-state index contributed by atoms with van der Waals surface area (Å²) >= 11 is 0. The zero-order valence-electron chi connectivity index (χ0n) is 14.5. The van der Waals surface area contributed by atoms with E-state index in [2.05, 4.69) is 20.8 Å². The van der Waals surface area contributed by atoms with Crippen LogP contribution in [0.1, 0.15) is 21.5 Å². The average Bonchev–Trinajstić information content (AvgIpc) is 2.64. The number of benzene rings is 2. The van der Waals surface area contributed by atoms with Crippen molar-refractivity contribution in [3.63, 3.8) is 0 Å². The highest BCUT2D eigenvalue weighted by atomic mass is 16.5. The lowest BCUT2D eigenvalue weighted by molar-refractivity contribution is 0.0962. The van der Waals surface area contributed by atoms with Crippen LogP contribution in [0.3, 0.4) is 0 Å². The molecule has 7 nitrogen and oxygen atoms in total. The molecule has 0 aliphatic heterocycles. The van der Waals surface area contributed by atoms with Crippen LogP contribution in [0.2, 0.25) is 0 Å². The Morgan fingerprint density at radius 1 is 0.962 bits per heavy atom. The minimum atomic E-state index is -0.302. The van der Waals surface area contributed by atoms with Crippen molar-refractivity contribution in [2.75, 3.05) is 11.2 Å². The van der Waals surface area contributed by atoms with Gasteiger partial charge in [0.1, 0.15) is 17.8 Å². The second-order valence-electron chi connectivity index (χ2n) is 5.80. The van der Waals surface area contributed by atoms with E-state index in [0.29, 0.717) is 11.3 Å². The smallest absolute Gasteiger partial charge is 0.269 e. The van der Waals surface area contributed by atoms with Gasteiger partial charge in [-0.25, -0.2) is 4.98 Å². The molecular formula is C19H19N5O2. The molecule has 0 bridgehead atoms. The molecule has 0 aliphatic rings. The highest BCUT2D eigenvalue weighted by molar-refractivity contribution is 5.95. The average molecular weight is 349 g/mol. The summed E-state index contributed by atoms with van der Waals surface area (Å²) in [6, 6.07) is 14.7. The van der Waals surface area contributed by atoms with Crippen LogP contribution in [0.25, 0.3) is 0 Å². The Labute approximate surface area is 151 Å². The molecule has 132 valence electrons. The number of rotatable bonds is 5. The normalized spacial score (nSPS) is 10.2. The maximum Gasteiger partial charge on any atom is 0.269 e. The topological polar surface area (TPSA) is 102 Å². The molecule has 0 saturated heterocycles. The first-order valence-electron chi connectivity index (χ1n) is 8.01. The molecule has 0 atom stereocenters. The largest absolute Gasteiger partial charge is 0.437 e. The Morgan fingerprint density at radius 3 is 2.23 bits per heavy atom. The minimum Gasteiger partial charge on any atom is -0.437 e. The molecule has 3 rings (SSSR count). The van der Waals surface area contributed by atoms with Crippen molar-refractivity contribution >= 4 is 17.4 Å². The number of ether oxygens (including phenoxy) is 1. The molecule has 7 heteroatoms. The number of anilines is 2. The van der Waals surface area contributed by atoms with Crippen molar-refractivity contribution in [1.82, 2.24) is 15.4 Å². The zero-order chi connectivity index (χ0) is 18.5. The monoisotopic (exact) mass is 349 g/mol. The van der Waals surface area contributed by atoms with Crippen LogP contribution in [0.15, 0.2) is 54.9 Å². The Hall–Kier alpha value is -3.61. The lowest BCUT2D eigenvalue weighted by Gasteiger charge is -2.12. The van der Waals surface area contributed by atoms with Crippen molar-refractivity contribution in [3.05, 3.63) is 71.5 Å². The third-order valence-electron chi connectivity index (χ3n) is 3.69. The molecule has 1 aromatic heterocycles. The number of nitrogen functional groups attached to an aromatic ring is 1. The number of hydrazine groups is 1. The molecule has 0 radical (unpaired) electrons. The fraction of sp³-hybridized carbons (Fsp3) is 0.105. The minimum absolute atomic E-state index is 0.192. The highest BCUT2D eigenvalue weighted by Crippen LogP contribution is 2.28. The van der Waals surface area contributed by atoms with Gasteiger partial charge in [0.25, 0.3) is 5.91 Å². The van der Waals surface area contributed by atoms with E-state index in [1.165, 1.54) is 6.33 Å². The maximum absolute atomic E-state index is 12.2. The molecule has 0 spiro atoms. The molecule has 0 unspecified atom stereocenters. The van der Waals surface area contributed by atoms with Crippen LogP contribution >= 0.6 is 0 Å². The number of aryl methyl sites for hydroxylation is 2. The van der Waals surface area contributed by atoms with Crippen molar-refractivity contribution in [3.8, 4) is 11.6 Å². The number of hydrogen-bond acceptors (Lipinski definition) is 6. The van der Waals surface area contributed by atoms with Gasteiger partial charge in [-0.15, -0.1) is 0 Å². The summed E-state index contributed by atoms with van der Waals surface area (Å²) in [5, 5.41) is 0. The molecule has 1 heterocycles. The number of carbonyl (C=O) groups is 1. The van der Waals surface area contributed by atoms with Crippen molar-refractivity contribution in [1.29, 1.82) is 0 Å². The molecule has 26 heavy (non-hydrogen) atoms. The number of nitrogens with zero attached hydrogens (tertiary/aromatic N) is 2. The van der Waals surface area contributed by atoms with Gasteiger partial charge >= 0.3 is 0 Å². The summed E-state index contributed by atoms with van der Waals surface area (Å²) < 4.78 is 5.68. The van der Waals surface area contributed by atoms with E-state index >= 15 is 0 Å². The van der Waals surface area contributed by atoms with Gasteiger partial charge in [-0.1, -0.05) is 35.4 Å². The van der Waals surface area contributed by atoms with Gasteiger partial charge in [0, 0.05) is 5.56 Å². The van der Waals surface area contributed by atoms with Gasteiger partial charge in [-0.2, -0.15) is 4.98 Å². The number of carbonyl (C=O) groups excluding carboxylic acids is 1. The number of nitrogens with two attached hydrogens (primary N) is 1. The fourth-order valence-electron chi connectivity index (χ4n) is 2.17. The SMILES string of the molecule is Cc1ccc(Oc2ncnc(NNC(=O)c3ccc(C)cc3)c2N)cc1. The summed E-state index contributed by atoms with van der Waals surface area (Å²) in [6.07, 6.45) is 1.31. The van der Waals surface area contributed by atoms with E-state index in [1.807, 2.05) is 50.2 Å². The second-order valence-corrected chi connectivity index (χ2v) is 5.80. The predicted octanol–water partition coefficient (Wildman–Crippen LogP) is 3.22. The van der Waals surface area contributed by atoms with Gasteiger partial charge in [0.05, 0.1) is 0 Å². The van der Waals surface area contributed by atoms with Gasteiger partial charge in [0.15, 0.2) is 5.82 Å². The summed E-state index contributed by atoms with van der Waals surface area (Å²) in [5.41, 5.74) is 14.2. The Morgan fingerprint density at radius 2 is 1.58 bits per heavy atom. The maximum atomic E-state index is 12.2. The van der Waals surface area contributed by atoms with Gasteiger partial charge in [0.2, 0.25) is 5.88 Å². The highest BCUT2D eigenvalue weighted by Gasteiger charge is 2.12. The molecule has 4 N–H and O–H groups in total. The summed E-state index contributed by atoms with van der Waals surface area (Å²) in [5.74, 6) is 0.762. The van der Waals surface area contributed by atoms with Crippen molar-refractivity contribution in [2.24, 2.45) is 0 Å². The number of nitrogens with one attached hydrogen (secondary N) is 2. The molecule has 3 aromatic rings. The number of hydrogen-bond donors (Lipinski definition) is 3. The van der Waals surface area contributed by atoms with Crippen LogP contribution < -0.4 is 21.3 Å². The first-order valence-corrected chi connectivity index (χ1v) is 8.01. The van der Waals surface area contributed by atoms with E-state index in [-0.39, 0.29) is 23.3 Å². The van der Waals surface area contributed by atoms with Crippen LogP contribution in [-0.4, -0.2) is 15.9 Å². The molecular weight excluding hydrogens is 330 g/mol. The third-order valence-corrected chi connectivity index (χ3v) is 3.69. The van der Waals surface area contributed by atoms with E-state index in [0.717, 1.165) is 11.1 Å². The van der Waals surface area contributed by atoms with E-state index < -0.39 is 0 Å². The predicted molar refractivity (Wildman–Crippen MR) is 100.0 cm³/mol. The summed E-state index contributed by atoms with van der Waals surface area (Å²) in [4.78, 5) is 20.2. The molecule has 0 aliphatic carbocycles. The summed E-state index contributed by atoms with van der Waals surface area (Å²) in [6.45, 7) is 3.94. The van der Waals surface area contributed by atoms with E-state index in [9.17, 15) is 4.79 Å². The first-order chi connectivity index (χ1) is 12.5. The van der Waals surface area contributed by atoms with Crippen LogP contribution in [-0.2, 0) is 0 Å². The zero-order valence-corrected chi connectivity index (χ0v) is 14.5. The van der Waals surface area contributed by atoms with Crippen molar-refractivity contribution in [2.45, 2.75) is 13.8 Å². The van der Waals surface area contributed by atoms with Crippen molar-refractivity contribution < 1.29 is 9.53 Å². The fourth-order valence-corrected chi connectivity index (χ4v) is 2.17. The number of aromatic nitrogens is 2. The molecule has 2 aromatic carbocycles. The van der Waals surface area contributed by atoms with Crippen LogP contribution in [0, 0.1) is 13.8 Å². The molecule has 0 fully saturated rings.